The van der Waals surface area contributed by atoms with Gasteiger partial charge in [0.15, 0.2) is 0 Å². The van der Waals surface area contributed by atoms with Crippen LogP contribution in [0.4, 0.5) is 5.69 Å². The number of carbonyl (C=O) groups is 3. The monoisotopic (exact) mass is 529 g/mol. The van der Waals surface area contributed by atoms with Gasteiger partial charge in [0.1, 0.15) is 17.4 Å². The van der Waals surface area contributed by atoms with Crippen molar-refractivity contribution in [2.24, 2.45) is 17.8 Å². The van der Waals surface area contributed by atoms with Gasteiger partial charge in [-0.2, -0.15) is 0 Å². The largest absolute Gasteiger partial charge is 0.494 e. The van der Waals surface area contributed by atoms with E-state index in [0.29, 0.717) is 37.4 Å². The van der Waals surface area contributed by atoms with Crippen molar-refractivity contribution in [3.63, 3.8) is 0 Å². The summed E-state index contributed by atoms with van der Waals surface area (Å²) in [4.78, 5) is 43.3. The first kappa shape index (κ1) is 28.4. The molecule has 3 aliphatic rings. The van der Waals surface area contributed by atoms with Crippen molar-refractivity contribution in [2.45, 2.75) is 90.0 Å². The minimum Gasteiger partial charge on any atom is -0.494 e. The molecule has 3 saturated heterocycles. The molecule has 4 rings (SSSR count). The van der Waals surface area contributed by atoms with Gasteiger partial charge in [-0.15, -0.1) is 0 Å². The number of ether oxygens (including phenoxy) is 2. The van der Waals surface area contributed by atoms with Crippen molar-refractivity contribution in [2.75, 3.05) is 25.1 Å². The van der Waals surface area contributed by atoms with Gasteiger partial charge in [-0.1, -0.05) is 33.6 Å². The number of nitrogens with one attached hydrogen (secondary N) is 2. The number of anilines is 1. The third-order valence-electron chi connectivity index (χ3n) is 8.85. The van der Waals surface area contributed by atoms with Crippen molar-refractivity contribution < 1.29 is 29.0 Å². The van der Waals surface area contributed by atoms with Crippen molar-refractivity contribution in [3.8, 4) is 5.75 Å². The molecule has 0 aromatic heterocycles. The molecule has 9 heteroatoms. The van der Waals surface area contributed by atoms with Gasteiger partial charge in [-0.25, -0.2) is 0 Å². The Balaban J connectivity index is 1.68. The van der Waals surface area contributed by atoms with E-state index < -0.39 is 35.1 Å². The van der Waals surface area contributed by atoms with E-state index in [4.69, 9.17) is 9.47 Å². The fourth-order valence-electron chi connectivity index (χ4n) is 6.74. The molecule has 3 aliphatic heterocycles. The van der Waals surface area contributed by atoms with E-state index in [1.165, 1.54) is 0 Å². The maximum atomic E-state index is 14.2. The van der Waals surface area contributed by atoms with Gasteiger partial charge < -0.3 is 30.1 Å². The van der Waals surface area contributed by atoms with Gasteiger partial charge in [0.05, 0.1) is 36.7 Å². The summed E-state index contributed by atoms with van der Waals surface area (Å²) in [5.74, 6) is -1.74. The van der Waals surface area contributed by atoms with E-state index in [-0.39, 0.29) is 30.2 Å². The molecule has 3 fully saturated rings. The highest BCUT2D eigenvalue weighted by molar-refractivity contribution is 6.02. The third kappa shape index (κ3) is 4.68. The molecular weight excluding hydrogens is 486 g/mol. The van der Waals surface area contributed by atoms with Crippen LogP contribution in [0, 0.1) is 17.8 Å². The Morgan fingerprint density at radius 2 is 1.89 bits per heavy atom. The summed E-state index contributed by atoms with van der Waals surface area (Å²) in [6, 6.07) is 5.68. The number of nitrogens with zero attached hydrogens (tertiary/aromatic N) is 1. The summed E-state index contributed by atoms with van der Waals surface area (Å²) in [6.07, 6.45) is 3.56. The number of hydrogen-bond donors (Lipinski definition) is 3. The Morgan fingerprint density at radius 1 is 1.18 bits per heavy atom. The molecule has 0 radical (unpaired) electrons. The fourth-order valence-corrected chi connectivity index (χ4v) is 6.74. The van der Waals surface area contributed by atoms with Crippen LogP contribution in [0.3, 0.4) is 0 Å². The summed E-state index contributed by atoms with van der Waals surface area (Å²) in [7, 11) is 0. The molecule has 9 nitrogen and oxygen atoms in total. The number of aliphatic hydroxyl groups excluding tert-OH is 1. The highest BCUT2D eigenvalue weighted by Crippen LogP contribution is 2.63. The SMILES string of the molecule is CCCCNC(=O)C1N([C@@H](CO)[C@@H](C)CC)C(=O)[C@@H]2[C@H](C(=O)Nc3ccc(OCC)cc3)[C@]3(C)CCC12O3. The maximum Gasteiger partial charge on any atom is 0.245 e. The number of likely N-dealkylation sites (tertiary alicyclic amines) is 1. The van der Waals surface area contributed by atoms with E-state index in [0.717, 1.165) is 19.3 Å². The second-order valence-corrected chi connectivity index (χ2v) is 11.2. The minimum absolute atomic E-state index is 0.0333. The molecule has 1 spiro atoms. The zero-order valence-electron chi connectivity index (χ0n) is 23.3. The average molecular weight is 530 g/mol. The highest BCUT2D eigenvalue weighted by Gasteiger charge is 2.78. The summed E-state index contributed by atoms with van der Waals surface area (Å²) >= 11 is 0. The van der Waals surface area contributed by atoms with E-state index in [2.05, 4.69) is 10.6 Å². The van der Waals surface area contributed by atoms with Crippen molar-refractivity contribution in [3.05, 3.63) is 24.3 Å². The number of carbonyl (C=O) groups excluding carboxylic acids is 3. The molecule has 3 N–H and O–H groups in total. The molecule has 3 amide bonds. The van der Waals surface area contributed by atoms with Gasteiger partial charge in [-0.3, -0.25) is 14.4 Å². The molecule has 2 unspecified atom stereocenters. The highest BCUT2D eigenvalue weighted by atomic mass is 16.5. The van der Waals surface area contributed by atoms with Gasteiger partial charge in [0.25, 0.3) is 0 Å². The molecule has 1 aromatic rings. The van der Waals surface area contributed by atoms with Gasteiger partial charge in [0, 0.05) is 12.2 Å². The Labute approximate surface area is 225 Å². The first-order valence-corrected chi connectivity index (χ1v) is 14.1. The summed E-state index contributed by atoms with van der Waals surface area (Å²) < 4.78 is 12.2. The summed E-state index contributed by atoms with van der Waals surface area (Å²) in [6.45, 7) is 10.6. The van der Waals surface area contributed by atoms with Crippen LogP contribution in [0.15, 0.2) is 24.3 Å². The molecule has 1 aromatic carbocycles. The van der Waals surface area contributed by atoms with Crippen molar-refractivity contribution >= 4 is 23.4 Å². The Bertz CT molecular complexity index is 1030. The molecule has 0 saturated carbocycles. The number of unbranched alkanes of at least 4 members (excludes halogenated alkanes) is 1. The molecular formula is C29H43N3O6. The molecule has 210 valence electrons. The Morgan fingerprint density at radius 3 is 2.50 bits per heavy atom. The number of fused-ring (bicyclic) bond motifs is 1. The summed E-state index contributed by atoms with van der Waals surface area (Å²) in [5, 5.41) is 16.4. The van der Waals surface area contributed by atoms with Crippen LogP contribution in [0.5, 0.6) is 5.75 Å². The number of aliphatic hydroxyl groups is 1. The van der Waals surface area contributed by atoms with Crippen molar-refractivity contribution in [1.82, 2.24) is 10.2 Å². The molecule has 2 bridgehead atoms. The normalized spacial score (nSPS) is 31.2. The number of hydrogen-bond acceptors (Lipinski definition) is 6. The molecule has 7 atom stereocenters. The molecule has 38 heavy (non-hydrogen) atoms. The first-order valence-electron chi connectivity index (χ1n) is 14.1. The standard InChI is InChI=1S/C29H43N3O6/c1-6-9-16-30-26(35)24-29-15-14-28(5,38-29)22(23(29)27(36)32(24)21(17-33)18(4)7-2)25(34)31-19-10-12-20(13-11-19)37-8-3/h10-13,18,21-24,33H,6-9,14-17H2,1-5H3,(H,30,35)(H,31,34)/t18-,21-,22+,23-,24?,28-,29?/m0/s1. The van der Waals surface area contributed by atoms with E-state index in [1.54, 1.807) is 29.2 Å². The number of rotatable bonds is 12. The predicted molar refractivity (Wildman–Crippen MR) is 144 cm³/mol. The quantitative estimate of drug-likeness (QED) is 0.358. The lowest BCUT2D eigenvalue weighted by atomic mass is 9.66. The lowest BCUT2D eigenvalue weighted by Gasteiger charge is -2.39. The van der Waals surface area contributed by atoms with E-state index >= 15 is 0 Å². The van der Waals surface area contributed by atoms with Crippen LogP contribution in [0.25, 0.3) is 0 Å². The van der Waals surface area contributed by atoms with Crippen LogP contribution in [0.2, 0.25) is 0 Å². The fraction of sp³-hybridized carbons (Fsp3) is 0.690. The number of benzene rings is 1. The zero-order valence-corrected chi connectivity index (χ0v) is 23.3. The van der Waals surface area contributed by atoms with Crippen molar-refractivity contribution in [1.29, 1.82) is 0 Å². The zero-order chi connectivity index (χ0) is 27.7. The van der Waals surface area contributed by atoms with Crippen LogP contribution in [-0.4, -0.2) is 70.8 Å². The maximum absolute atomic E-state index is 14.2. The van der Waals surface area contributed by atoms with Crippen LogP contribution < -0.4 is 15.4 Å². The van der Waals surface area contributed by atoms with Crippen LogP contribution in [0.1, 0.15) is 66.7 Å². The lowest BCUT2D eigenvalue weighted by molar-refractivity contribution is -0.150. The average Bonchev–Trinajstić information content (AvgIpc) is 3.46. The van der Waals surface area contributed by atoms with E-state index in [9.17, 15) is 19.5 Å². The predicted octanol–water partition coefficient (Wildman–Crippen LogP) is 3.11. The third-order valence-corrected chi connectivity index (χ3v) is 8.85. The second kappa shape index (κ2) is 11.2. The van der Waals surface area contributed by atoms with Gasteiger partial charge in [-0.05, 0) is 63.3 Å². The topological polar surface area (TPSA) is 117 Å². The smallest absolute Gasteiger partial charge is 0.245 e. The first-order chi connectivity index (χ1) is 18.2. The lowest BCUT2D eigenvalue weighted by Crippen LogP contribution is -2.59. The summed E-state index contributed by atoms with van der Waals surface area (Å²) in [5.41, 5.74) is -1.37. The number of amides is 3. The molecule has 3 heterocycles. The second-order valence-electron chi connectivity index (χ2n) is 11.2. The Hall–Kier alpha value is -2.65. The van der Waals surface area contributed by atoms with Crippen LogP contribution >= 0.6 is 0 Å². The Kier molecular flexibility index (Phi) is 8.37. The van der Waals surface area contributed by atoms with Gasteiger partial charge in [0.2, 0.25) is 17.7 Å². The van der Waals surface area contributed by atoms with E-state index in [1.807, 2.05) is 34.6 Å². The molecule has 0 aliphatic carbocycles. The van der Waals surface area contributed by atoms with Crippen LogP contribution in [-0.2, 0) is 19.1 Å². The van der Waals surface area contributed by atoms with Gasteiger partial charge >= 0.3 is 0 Å². The minimum atomic E-state index is -1.11.